The first-order valence-corrected chi connectivity index (χ1v) is 12.8. The molecule has 0 bridgehead atoms. The smallest absolute Gasteiger partial charge is 0.323 e. The van der Waals surface area contributed by atoms with E-state index in [0.29, 0.717) is 32.1 Å². The first-order chi connectivity index (χ1) is 15.5. The molecule has 3 unspecified atom stereocenters. The fourth-order valence-corrected chi connectivity index (χ4v) is 4.65. The highest BCUT2D eigenvalue weighted by Crippen LogP contribution is 2.34. The molecule has 0 aromatic rings. The van der Waals surface area contributed by atoms with E-state index in [4.69, 9.17) is 14.2 Å². The summed E-state index contributed by atoms with van der Waals surface area (Å²) in [6.07, 6.45) is 13.1. The number of aliphatic hydroxyl groups is 1. The number of esters is 1. The summed E-state index contributed by atoms with van der Waals surface area (Å²) >= 11 is 0. The third-order valence-electron chi connectivity index (χ3n) is 6.73. The topological polar surface area (TPSA) is 77.0 Å². The van der Waals surface area contributed by atoms with Gasteiger partial charge in [-0.25, -0.2) is 0 Å². The van der Waals surface area contributed by atoms with Crippen molar-refractivity contribution in [2.45, 2.75) is 115 Å². The molecule has 6 nitrogen and oxygen atoms in total. The van der Waals surface area contributed by atoms with E-state index in [1.54, 1.807) is 0 Å². The highest BCUT2D eigenvalue weighted by atomic mass is 16.7. The van der Waals surface area contributed by atoms with E-state index >= 15 is 0 Å². The molecule has 3 atom stereocenters. The molecule has 0 amide bonds. The lowest BCUT2D eigenvalue weighted by Crippen LogP contribution is -2.43. The minimum Gasteiger partial charge on any atom is -0.465 e. The Morgan fingerprint density at radius 3 is 2.66 bits per heavy atom. The van der Waals surface area contributed by atoms with E-state index in [9.17, 15) is 9.90 Å². The van der Waals surface area contributed by atoms with Crippen LogP contribution in [-0.2, 0) is 19.0 Å². The van der Waals surface area contributed by atoms with Gasteiger partial charge >= 0.3 is 5.97 Å². The van der Waals surface area contributed by atoms with Crippen LogP contribution in [0.5, 0.6) is 0 Å². The zero-order valence-corrected chi connectivity index (χ0v) is 20.3. The SMILES string of the molecule is CCOC(=O)C(CCCCC#CCOC1CCCCO1)NCCC(C)(O)C1CCCCC1. The first kappa shape index (κ1) is 27.1. The van der Waals surface area contributed by atoms with E-state index in [1.807, 2.05) is 13.8 Å². The van der Waals surface area contributed by atoms with Crippen LogP contribution in [0, 0.1) is 17.8 Å². The lowest BCUT2D eigenvalue weighted by atomic mass is 9.76. The normalized spacial score (nSPS) is 22.4. The second-order valence-corrected chi connectivity index (χ2v) is 9.41. The fourth-order valence-electron chi connectivity index (χ4n) is 4.65. The van der Waals surface area contributed by atoms with Crippen LogP contribution in [-0.4, -0.2) is 55.4 Å². The van der Waals surface area contributed by atoms with Gasteiger partial charge in [-0.2, -0.15) is 0 Å². The van der Waals surface area contributed by atoms with Crippen LogP contribution < -0.4 is 5.32 Å². The van der Waals surface area contributed by atoms with Gasteiger partial charge in [0.2, 0.25) is 0 Å². The van der Waals surface area contributed by atoms with E-state index in [1.165, 1.54) is 19.3 Å². The maximum absolute atomic E-state index is 12.4. The number of carbonyl (C=O) groups is 1. The quantitative estimate of drug-likeness (QED) is 0.246. The number of hydrogen-bond donors (Lipinski definition) is 2. The Labute approximate surface area is 195 Å². The Balaban J connectivity index is 1.63. The number of nitrogens with one attached hydrogen (secondary N) is 1. The highest BCUT2D eigenvalue weighted by Gasteiger charge is 2.32. The molecule has 1 saturated carbocycles. The zero-order chi connectivity index (χ0) is 23.1. The lowest BCUT2D eigenvalue weighted by molar-refractivity contribution is -0.154. The Kier molecular flexibility index (Phi) is 13.3. The monoisotopic (exact) mass is 451 g/mol. The number of rotatable bonds is 13. The van der Waals surface area contributed by atoms with E-state index in [0.717, 1.165) is 64.4 Å². The van der Waals surface area contributed by atoms with Crippen LogP contribution in [0.1, 0.15) is 97.3 Å². The van der Waals surface area contributed by atoms with Gasteiger partial charge in [-0.15, -0.1) is 5.92 Å². The van der Waals surface area contributed by atoms with Gasteiger partial charge < -0.3 is 24.6 Å². The van der Waals surface area contributed by atoms with Crippen LogP contribution in [0.3, 0.4) is 0 Å². The standard InChI is InChI=1S/C26H45NO5/c1-3-30-25(28)23(27-19-18-26(2,29)22-14-8-7-9-15-22)16-10-5-4-6-12-20-31-24-17-11-13-21-32-24/h22-24,27,29H,3-5,7-11,13-21H2,1-2H3. The van der Waals surface area contributed by atoms with Crippen molar-refractivity contribution in [2.24, 2.45) is 5.92 Å². The lowest BCUT2D eigenvalue weighted by Gasteiger charge is -2.36. The molecule has 2 rings (SSSR count). The van der Waals surface area contributed by atoms with Gasteiger partial charge in [-0.05, 0) is 77.7 Å². The number of ether oxygens (including phenoxy) is 3. The molecule has 1 saturated heterocycles. The summed E-state index contributed by atoms with van der Waals surface area (Å²) in [7, 11) is 0. The van der Waals surface area contributed by atoms with Gasteiger partial charge in [-0.3, -0.25) is 4.79 Å². The van der Waals surface area contributed by atoms with Crippen LogP contribution >= 0.6 is 0 Å². The van der Waals surface area contributed by atoms with Crippen molar-refractivity contribution in [1.82, 2.24) is 5.32 Å². The van der Waals surface area contributed by atoms with Gasteiger partial charge in [0, 0.05) is 13.0 Å². The molecule has 2 aliphatic rings. The summed E-state index contributed by atoms with van der Waals surface area (Å²) < 4.78 is 16.4. The third-order valence-corrected chi connectivity index (χ3v) is 6.73. The van der Waals surface area contributed by atoms with Gasteiger partial charge in [0.05, 0.1) is 12.2 Å². The van der Waals surface area contributed by atoms with Crippen molar-refractivity contribution in [2.75, 3.05) is 26.4 Å². The molecule has 1 heterocycles. The summed E-state index contributed by atoms with van der Waals surface area (Å²) in [4.78, 5) is 12.4. The first-order valence-electron chi connectivity index (χ1n) is 12.8. The number of hydrogen-bond acceptors (Lipinski definition) is 6. The number of carbonyl (C=O) groups excluding carboxylic acids is 1. The zero-order valence-electron chi connectivity index (χ0n) is 20.3. The van der Waals surface area contributed by atoms with Crippen molar-refractivity contribution >= 4 is 5.97 Å². The molecule has 1 aliphatic heterocycles. The van der Waals surface area contributed by atoms with Gasteiger partial charge in [-0.1, -0.05) is 31.6 Å². The summed E-state index contributed by atoms with van der Waals surface area (Å²) in [6.45, 7) is 5.98. The molecule has 1 aliphatic carbocycles. The molecule has 0 spiro atoms. The van der Waals surface area contributed by atoms with Crippen molar-refractivity contribution in [3.05, 3.63) is 0 Å². The summed E-state index contributed by atoms with van der Waals surface area (Å²) in [5.74, 6) is 6.38. The molecule has 0 aromatic heterocycles. The maximum Gasteiger partial charge on any atom is 0.323 e. The average molecular weight is 452 g/mol. The molecule has 6 heteroatoms. The minimum atomic E-state index is -0.674. The van der Waals surface area contributed by atoms with E-state index < -0.39 is 5.60 Å². The van der Waals surface area contributed by atoms with Crippen molar-refractivity contribution in [3.63, 3.8) is 0 Å². The molecule has 32 heavy (non-hydrogen) atoms. The molecule has 0 radical (unpaired) electrons. The number of unbranched alkanes of at least 4 members (excludes halogenated alkanes) is 2. The maximum atomic E-state index is 12.4. The van der Waals surface area contributed by atoms with Crippen LogP contribution in [0.25, 0.3) is 0 Å². The molecule has 0 aromatic carbocycles. The van der Waals surface area contributed by atoms with Crippen LogP contribution in [0.4, 0.5) is 0 Å². The minimum absolute atomic E-state index is 0.0895. The molecular formula is C26H45NO5. The Bertz CT molecular complexity index is 571. The van der Waals surface area contributed by atoms with Crippen LogP contribution in [0.2, 0.25) is 0 Å². The molecular weight excluding hydrogens is 406 g/mol. The van der Waals surface area contributed by atoms with Crippen molar-refractivity contribution < 1.29 is 24.1 Å². The largest absolute Gasteiger partial charge is 0.465 e. The fraction of sp³-hybridized carbons (Fsp3) is 0.885. The van der Waals surface area contributed by atoms with Gasteiger partial charge in [0.25, 0.3) is 0 Å². The molecule has 2 N–H and O–H groups in total. The second kappa shape index (κ2) is 15.7. The van der Waals surface area contributed by atoms with Crippen LogP contribution in [0.15, 0.2) is 0 Å². The predicted molar refractivity (Wildman–Crippen MR) is 126 cm³/mol. The third kappa shape index (κ3) is 10.7. The molecule has 2 fully saturated rings. The van der Waals surface area contributed by atoms with E-state index in [2.05, 4.69) is 17.2 Å². The van der Waals surface area contributed by atoms with Gasteiger partial charge in [0.1, 0.15) is 12.6 Å². The second-order valence-electron chi connectivity index (χ2n) is 9.41. The average Bonchev–Trinajstić information content (AvgIpc) is 2.81. The Morgan fingerprint density at radius 2 is 1.94 bits per heavy atom. The summed E-state index contributed by atoms with van der Waals surface area (Å²) in [6, 6.07) is -0.322. The van der Waals surface area contributed by atoms with Gasteiger partial charge in [0.15, 0.2) is 6.29 Å². The highest BCUT2D eigenvalue weighted by molar-refractivity contribution is 5.75. The van der Waals surface area contributed by atoms with Crippen molar-refractivity contribution in [3.8, 4) is 11.8 Å². The Morgan fingerprint density at radius 1 is 1.16 bits per heavy atom. The predicted octanol–water partition coefficient (Wildman–Crippen LogP) is 4.34. The van der Waals surface area contributed by atoms with E-state index in [-0.39, 0.29) is 18.3 Å². The summed E-state index contributed by atoms with van der Waals surface area (Å²) in [5.41, 5.74) is -0.674. The van der Waals surface area contributed by atoms with Crippen molar-refractivity contribution in [1.29, 1.82) is 0 Å². The Hall–Kier alpha value is -1.13. The molecule has 184 valence electrons. The summed E-state index contributed by atoms with van der Waals surface area (Å²) in [5, 5.41) is 14.2.